The molecule has 0 saturated heterocycles. The van der Waals surface area contributed by atoms with E-state index >= 15 is 0 Å². The van der Waals surface area contributed by atoms with E-state index in [0.29, 0.717) is 5.90 Å². The normalized spacial score (nSPS) is 24.9. The first kappa shape index (κ1) is 6.05. The third-order valence-electron chi connectivity index (χ3n) is 1.11. The van der Waals surface area contributed by atoms with Crippen LogP contribution in [-0.2, 0) is 9.53 Å². The summed E-state index contributed by atoms with van der Waals surface area (Å²) in [5, 5.41) is 0. The van der Waals surface area contributed by atoms with Gasteiger partial charge in [-0.15, -0.1) is 0 Å². The van der Waals surface area contributed by atoms with Gasteiger partial charge >= 0.3 is 0 Å². The van der Waals surface area contributed by atoms with Crippen LogP contribution in [-0.4, -0.2) is 17.9 Å². The summed E-state index contributed by atoms with van der Waals surface area (Å²) in [6.45, 7) is 3.50. The molecule has 0 aromatic heterocycles. The van der Waals surface area contributed by atoms with Crippen LogP contribution in [0.1, 0.15) is 13.8 Å². The average Bonchev–Trinajstić information content (AvgIpc) is 2.10. The molecule has 0 aromatic rings. The van der Waals surface area contributed by atoms with Gasteiger partial charge in [0, 0.05) is 6.92 Å². The Hall–Kier alpha value is -1.08. The van der Waals surface area contributed by atoms with Crippen LogP contribution in [0.25, 0.3) is 0 Å². The lowest BCUT2D eigenvalue weighted by atomic mass is 10.3. The van der Waals surface area contributed by atoms with Crippen molar-refractivity contribution in [1.29, 1.82) is 0 Å². The van der Waals surface area contributed by atoms with Crippen LogP contribution in [0.15, 0.2) is 10.8 Å². The maximum absolute atomic E-state index is 10.0. The zero-order valence-corrected chi connectivity index (χ0v) is 5.34. The molecule has 0 radical (unpaired) electrons. The monoisotopic (exact) mass is 125 g/mol. The van der Waals surface area contributed by atoms with E-state index in [9.17, 15) is 4.79 Å². The lowest BCUT2D eigenvalue weighted by molar-refractivity contribution is 0.417. The second kappa shape index (κ2) is 2.03. The third-order valence-corrected chi connectivity index (χ3v) is 1.11. The van der Waals surface area contributed by atoms with Crippen molar-refractivity contribution in [3.63, 3.8) is 0 Å². The Kier molecular flexibility index (Phi) is 1.37. The number of aliphatic imine (C=N–C) groups is 1. The van der Waals surface area contributed by atoms with Gasteiger partial charge in [0.1, 0.15) is 6.04 Å². The van der Waals surface area contributed by atoms with E-state index < -0.39 is 0 Å². The molecule has 1 atom stereocenters. The zero-order chi connectivity index (χ0) is 6.85. The predicted molar refractivity (Wildman–Crippen MR) is 32.9 cm³/mol. The second-order valence-corrected chi connectivity index (χ2v) is 1.89. The summed E-state index contributed by atoms with van der Waals surface area (Å²) < 4.78 is 4.87. The molecule has 48 valence electrons. The summed E-state index contributed by atoms with van der Waals surface area (Å²) in [6, 6.07) is -0.137. The lowest BCUT2D eigenvalue weighted by Gasteiger charge is -1.92. The standard InChI is InChI=1S/C6H7NO2/c1-4-6(3-8)9-5(2)7-4/h4H,1-2H3. The van der Waals surface area contributed by atoms with Gasteiger partial charge in [0.25, 0.3) is 0 Å². The van der Waals surface area contributed by atoms with Gasteiger partial charge in [-0.05, 0) is 6.92 Å². The van der Waals surface area contributed by atoms with Gasteiger partial charge < -0.3 is 4.74 Å². The lowest BCUT2D eigenvalue weighted by Crippen LogP contribution is -1.97. The molecule has 1 rings (SSSR count). The van der Waals surface area contributed by atoms with Crippen LogP contribution in [0.4, 0.5) is 0 Å². The minimum absolute atomic E-state index is 0.137. The van der Waals surface area contributed by atoms with Crippen molar-refractivity contribution in [3.8, 4) is 0 Å². The highest BCUT2D eigenvalue weighted by atomic mass is 16.5. The molecule has 9 heavy (non-hydrogen) atoms. The molecule has 0 aromatic carbocycles. The highest BCUT2D eigenvalue weighted by Crippen LogP contribution is 2.12. The van der Waals surface area contributed by atoms with Gasteiger partial charge in [0.05, 0.1) is 0 Å². The summed E-state index contributed by atoms with van der Waals surface area (Å²) in [5.74, 6) is 2.50. The van der Waals surface area contributed by atoms with Crippen molar-refractivity contribution in [3.05, 3.63) is 5.76 Å². The predicted octanol–water partition coefficient (Wildman–Crippen LogP) is 0.539. The molecule has 3 nitrogen and oxygen atoms in total. The van der Waals surface area contributed by atoms with Crippen LogP contribution >= 0.6 is 0 Å². The molecular weight excluding hydrogens is 118 g/mol. The molecule has 0 saturated carbocycles. The van der Waals surface area contributed by atoms with Gasteiger partial charge in [-0.3, -0.25) is 0 Å². The third kappa shape index (κ3) is 1.00. The summed E-state index contributed by atoms with van der Waals surface area (Å²) in [4.78, 5) is 13.9. The van der Waals surface area contributed by atoms with Crippen molar-refractivity contribution in [1.82, 2.24) is 0 Å². The van der Waals surface area contributed by atoms with E-state index in [-0.39, 0.29) is 11.8 Å². The quantitative estimate of drug-likeness (QED) is 0.443. The second-order valence-electron chi connectivity index (χ2n) is 1.89. The van der Waals surface area contributed by atoms with Crippen molar-refractivity contribution in [2.45, 2.75) is 19.9 Å². The minimum atomic E-state index is -0.137. The molecule has 1 unspecified atom stereocenters. The van der Waals surface area contributed by atoms with Gasteiger partial charge in [-0.2, -0.15) is 0 Å². The number of rotatable bonds is 0. The smallest absolute Gasteiger partial charge is 0.213 e. The van der Waals surface area contributed by atoms with Crippen molar-refractivity contribution < 1.29 is 9.53 Å². The van der Waals surface area contributed by atoms with E-state index in [1.165, 1.54) is 0 Å². The Morgan fingerprint density at radius 2 is 2.44 bits per heavy atom. The summed E-state index contributed by atoms with van der Waals surface area (Å²) >= 11 is 0. The van der Waals surface area contributed by atoms with Crippen LogP contribution < -0.4 is 0 Å². The fraction of sp³-hybridized carbons (Fsp3) is 0.500. The summed E-state index contributed by atoms with van der Waals surface area (Å²) in [5.41, 5.74) is 0. The Labute approximate surface area is 53.0 Å². The highest BCUT2D eigenvalue weighted by Gasteiger charge is 2.18. The number of hydrogen-bond donors (Lipinski definition) is 0. The molecular formula is C6H7NO2. The first-order chi connectivity index (χ1) is 4.24. The Morgan fingerprint density at radius 3 is 2.67 bits per heavy atom. The molecule has 0 aliphatic carbocycles. The maximum Gasteiger partial charge on any atom is 0.213 e. The largest absolute Gasteiger partial charge is 0.434 e. The molecule has 0 N–H and O–H groups in total. The van der Waals surface area contributed by atoms with Gasteiger partial charge in [0.15, 0.2) is 11.8 Å². The van der Waals surface area contributed by atoms with E-state index in [4.69, 9.17) is 4.74 Å². The Bertz CT molecular complexity index is 201. The molecule has 0 spiro atoms. The van der Waals surface area contributed by atoms with Gasteiger partial charge in [-0.25, -0.2) is 9.79 Å². The van der Waals surface area contributed by atoms with E-state index in [0.717, 1.165) is 0 Å². The molecule has 3 heteroatoms. The van der Waals surface area contributed by atoms with Crippen molar-refractivity contribution >= 4 is 11.8 Å². The van der Waals surface area contributed by atoms with Crippen molar-refractivity contribution in [2.75, 3.05) is 0 Å². The van der Waals surface area contributed by atoms with E-state index in [1.807, 2.05) is 0 Å². The average molecular weight is 125 g/mol. The minimum Gasteiger partial charge on any atom is -0.434 e. The number of nitrogens with zero attached hydrogens (tertiary/aromatic N) is 1. The molecule has 1 heterocycles. The molecule has 0 bridgehead atoms. The maximum atomic E-state index is 10.0. The molecule has 1 aliphatic heterocycles. The van der Waals surface area contributed by atoms with Crippen LogP contribution in [0.5, 0.6) is 0 Å². The topological polar surface area (TPSA) is 38.7 Å². The molecule has 0 fully saturated rings. The van der Waals surface area contributed by atoms with Crippen LogP contribution in [0.2, 0.25) is 0 Å². The molecule has 0 amide bonds. The number of carbonyl (C=O) groups excluding carboxylic acids is 1. The first-order valence-electron chi connectivity index (χ1n) is 2.71. The SMILES string of the molecule is CC1=NC(C)C(=C=O)O1. The molecule has 1 aliphatic rings. The van der Waals surface area contributed by atoms with Gasteiger partial charge in [-0.1, -0.05) is 0 Å². The highest BCUT2D eigenvalue weighted by molar-refractivity contribution is 5.79. The van der Waals surface area contributed by atoms with E-state index in [2.05, 4.69) is 4.99 Å². The fourth-order valence-corrected chi connectivity index (χ4v) is 0.708. The Morgan fingerprint density at radius 1 is 1.78 bits per heavy atom. The summed E-state index contributed by atoms with van der Waals surface area (Å²) in [6.07, 6.45) is 0. The number of hydrogen-bond acceptors (Lipinski definition) is 3. The van der Waals surface area contributed by atoms with Crippen LogP contribution in [0.3, 0.4) is 0 Å². The van der Waals surface area contributed by atoms with Crippen LogP contribution in [0, 0.1) is 0 Å². The first-order valence-corrected chi connectivity index (χ1v) is 2.71. The zero-order valence-electron chi connectivity index (χ0n) is 5.34. The van der Waals surface area contributed by atoms with Gasteiger partial charge in [0.2, 0.25) is 5.76 Å². The summed E-state index contributed by atoms with van der Waals surface area (Å²) in [7, 11) is 0. The number of ether oxygens (including phenoxy) is 1. The fourth-order valence-electron chi connectivity index (χ4n) is 0.708. The van der Waals surface area contributed by atoms with E-state index in [1.54, 1.807) is 19.8 Å². The van der Waals surface area contributed by atoms with Crippen molar-refractivity contribution in [2.24, 2.45) is 4.99 Å². The Balaban J connectivity index is 2.83.